The fourth-order valence-corrected chi connectivity index (χ4v) is 3.78. The maximum atomic E-state index is 14.5. The number of benzene rings is 1. The van der Waals surface area contributed by atoms with Crippen molar-refractivity contribution in [3.63, 3.8) is 0 Å². The molecule has 0 unspecified atom stereocenters. The third-order valence-corrected chi connectivity index (χ3v) is 5.54. The molecule has 1 aliphatic carbocycles. The number of halogens is 2. The molecule has 1 aliphatic heterocycles. The summed E-state index contributed by atoms with van der Waals surface area (Å²) >= 11 is 0. The second-order valence-corrected chi connectivity index (χ2v) is 7.37. The lowest BCUT2D eigenvalue weighted by Crippen LogP contribution is -2.59. The van der Waals surface area contributed by atoms with Gasteiger partial charge in [-0.05, 0) is 32.4 Å². The van der Waals surface area contributed by atoms with E-state index < -0.39 is 17.9 Å². The first kappa shape index (κ1) is 19.5. The number of aliphatic hydroxyl groups is 1. The molecule has 2 aliphatic rings. The van der Waals surface area contributed by atoms with E-state index in [4.69, 9.17) is 10.5 Å². The van der Waals surface area contributed by atoms with Crippen molar-refractivity contribution in [2.75, 3.05) is 18.1 Å². The van der Waals surface area contributed by atoms with Crippen molar-refractivity contribution in [1.82, 2.24) is 9.97 Å². The number of primary amides is 1. The summed E-state index contributed by atoms with van der Waals surface area (Å²) in [6.45, 7) is 4.17. The topological polar surface area (TPSA) is 102 Å². The number of hydrogen-bond acceptors (Lipinski definition) is 6. The Labute approximate surface area is 166 Å². The summed E-state index contributed by atoms with van der Waals surface area (Å²) in [5.41, 5.74) is 6.66. The van der Waals surface area contributed by atoms with Crippen LogP contribution in [-0.4, -0.2) is 46.3 Å². The molecule has 4 rings (SSSR count). The van der Waals surface area contributed by atoms with Crippen LogP contribution in [0.3, 0.4) is 0 Å². The number of hydrogen-bond donors (Lipinski definition) is 2. The molecule has 29 heavy (non-hydrogen) atoms. The van der Waals surface area contributed by atoms with Crippen molar-refractivity contribution in [1.29, 1.82) is 0 Å². The highest BCUT2D eigenvalue weighted by molar-refractivity contribution is 5.96. The molecule has 1 amide bonds. The summed E-state index contributed by atoms with van der Waals surface area (Å²) in [6.07, 6.45) is -0.726. The van der Waals surface area contributed by atoms with Gasteiger partial charge in [0.1, 0.15) is 11.4 Å². The van der Waals surface area contributed by atoms with Crippen LogP contribution in [0.2, 0.25) is 0 Å². The Morgan fingerprint density at radius 2 is 2.17 bits per heavy atom. The van der Waals surface area contributed by atoms with Crippen LogP contribution in [0.25, 0.3) is 11.3 Å². The molecule has 0 radical (unpaired) electrons. The van der Waals surface area contributed by atoms with Crippen molar-refractivity contribution < 1.29 is 23.4 Å². The quantitative estimate of drug-likeness (QED) is 0.793. The number of nitrogens with two attached hydrogens (primary N) is 1. The number of anilines is 1. The van der Waals surface area contributed by atoms with Gasteiger partial charge in [0.15, 0.2) is 0 Å². The van der Waals surface area contributed by atoms with Gasteiger partial charge in [0.25, 0.3) is 11.8 Å². The predicted molar refractivity (Wildman–Crippen MR) is 102 cm³/mol. The summed E-state index contributed by atoms with van der Waals surface area (Å²) < 4.78 is 34.5. The number of fused-ring (bicyclic) bond motifs is 1. The third-order valence-electron chi connectivity index (χ3n) is 5.54. The van der Waals surface area contributed by atoms with E-state index in [1.807, 2.05) is 0 Å². The van der Waals surface area contributed by atoms with Crippen molar-refractivity contribution in [2.45, 2.75) is 44.8 Å². The lowest BCUT2D eigenvalue weighted by molar-refractivity contribution is -0.00603. The molecule has 154 valence electrons. The minimum absolute atomic E-state index is 0.150. The van der Waals surface area contributed by atoms with E-state index in [0.29, 0.717) is 23.4 Å². The Kier molecular flexibility index (Phi) is 4.65. The maximum absolute atomic E-state index is 14.5. The number of ether oxygens (including phenoxy) is 1. The monoisotopic (exact) mass is 404 g/mol. The van der Waals surface area contributed by atoms with Gasteiger partial charge in [-0.3, -0.25) is 4.79 Å². The summed E-state index contributed by atoms with van der Waals surface area (Å²) in [6, 6.07) is 4.48. The van der Waals surface area contributed by atoms with Gasteiger partial charge in [0, 0.05) is 24.1 Å². The molecule has 2 aromatic rings. The molecule has 0 saturated carbocycles. The van der Waals surface area contributed by atoms with Gasteiger partial charge in [-0.1, -0.05) is 6.07 Å². The van der Waals surface area contributed by atoms with E-state index in [-0.39, 0.29) is 48.4 Å². The molecule has 1 aromatic heterocycles. The SMILES string of the molecule is CCOc1cc(-c2nc(N3C[C@@H](O)[C@@H]3C)nc3c2CCC3(F)F)ccc1C(N)=O. The Morgan fingerprint density at radius 3 is 2.79 bits per heavy atom. The van der Waals surface area contributed by atoms with Gasteiger partial charge in [-0.25, -0.2) is 9.97 Å². The zero-order valence-corrected chi connectivity index (χ0v) is 16.2. The Balaban J connectivity index is 1.86. The first-order valence-electron chi connectivity index (χ1n) is 9.54. The van der Waals surface area contributed by atoms with Crippen LogP contribution in [0, 0.1) is 0 Å². The van der Waals surface area contributed by atoms with Crippen LogP contribution in [0.1, 0.15) is 41.9 Å². The number of amides is 1. The molecule has 3 N–H and O–H groups in total. The molecule has 1 aromatic carbocycles. The van der Waals surface area contributed by atoms with Gasteiger partial charge in [-0.15, -0.1) is 0 Å². The van der Waals surface area contributed by atoms with Crippen molar-refractivity contribution in [2.24, 2.45) is 5.73 Å². The Morgan fingerprint density at radius 1 is 1.41 bits per heavy atom. The summed E-state index contributed by atoms with van der Waals surface area (Å²) in [4.78, 5) is 22.1. The van der Waals surface area contributed by atoms with E-state index in [2.05, 4.69) is 9.97 Å². The van der Waals surface area contributed by atoms with Crippen molar-refractivity contribution in [3.05, 3.63) is 35.0 Å². The molecular weight excluding hydrogens is 382 g/mol. The lowest BCUT2D eigenvalue weighted by atomic mass is 10.0. The number of alkyl halides is 2. The first-order chi connectivity index (χ1) is 13.7. The van der Waals surface area contributed by atoms with Crippen LogP contribution in [0.4, 0.5) is 14.7 Å². The first-order valence-corrected chi connectivity index (χ1v) is 9.54. The number of aliphatic hydroxyl groups excluding tert-OH is 1. The van der Waals surface area contributed by atoms with Crippen molar-refractivity contribution in [3.8, 4) is 17.0 Å². The normalized spacial score (nSPS) is 22.2. The average molecular weight is 404 g/mol. The summed E-state index contributed by atoms with van der Waals surface area (Å²) in [7, 11) is 0. The molecule has 1 fully saturated rings. The van der Waals surface area contributed by atoms with Gasteiger partial charge >= 0.3 is 0 Å². The van der Waals surface area contributed by atoms with Crippen LogP contribution in [0.15, 0.2) is 18.2 Å². The molecule has 0 bridgehead atoms. The molecule has 2 heterocycles. The Bertz CT molecular complexity index is 982. The van der Waals surface area contributed by atoms with E-state index in [1.54, 1.807) is 30.9 Å². The Hall–Kier alpha value is -2.81. The molecule has 1 saturated heterocycles. The van der Waals surface area contributed by atoms with E-state index >= 15 is 0 Å². The number of rotatable bonds is 5. The van der Waals surface area contributed by atoms with Crippen molar-refractivity contribution >= 4 is 11.9 Å². The fraction of sp³-hybridized carbons (Fsp3) is 0.450. The fourth-order valence-electron chi connectivity index (χ4n) is 3.78. The van der Waals surface area contributed by atoms with E-state index in [1.165, 1.54) is 6.07 Å². The van der Waals surface area contributed by atoms with Gasteiger partial charge in [0.05, 0.1) is 30.0 Å². The highest BCUT2D eigenvalue weighted by atomic mass is 19.3. The molecule has 2 atom stereocenters. The lowest BCUT2D eigenvalue weighted by Gasteiger charge is -2.43. The molecule has 9 heteroatoms. The molecule has 7 nitrogen and oxygen atoms in total. The highest BCUT2D eigenvalue weighted by Crippen LogP contribution is 2.45. The number of nitrogens with zero attached hydrogens (tertiary/aromatic N) is 3. The van der Waals surface area contributed by atoms with Crippen LogP contribution < -0.4 is 15.4 Å². The summed E-state index contributed by atoms with van der Waals surface area (Å²) in [5, 5.41) is 9.80. The smallest absolute Gasteiger partial charge is 0.290 e. The van der Waals surface area contributed by atoms with Crippen LogP contribution >= 0.6 is 0 Å². The number of carbonyl (C=O) groups excluding carboxylic acids is 1. The van der Waals surface area contributed by atoms with E-state index in [0.717, 1.165) is 0 Å². The third kappa shape index (κ3) is 3.19. The van der Waals surface area contributed by atoms with Gasteiger partial charge in [-0.2, -0.15) is 8.78 Å². The largest absolute Gasteiger partial charge is 0.493 e. The minimum atomic E-state index is -3.04. The molecule has 0 spiro atoms. The summed E-state index contributed by atoms with van der Waals surface area (Å²) in [5.74, 6) is -3.23. The molecular formula is C20H22F2N4O3. The standard InChI is InChI=1S/C20H22F2N4O3/c1-3-29-15-8-11(4-5-12(15)18(23)28)16-13-6-7-20(21,22)17(13)25-19(24-16)26-9-14(27)10(26)2/h4-5,8,10,14,27H,3,6-7,9H2,1-2H3,(H2,23,28)/t10-,14+/m0/s1. The zero-order chi connectivity index (χ0) is 20.9. The minimum Gasteiger partial charge on any atom is -0.493 e. The van der Waals surface area contributed by atoms with Gasteiger partial charge in [0.2, 0.25) is 5.95 Å². The van der Waals surface area contributed by atoms with Crippen LogP contribution in [0.5, 0.6) is 5.75 Å². The number of aromatic nitrogens is 2. The number of β-amino-alcohol motifs (C(OH)–C–C–N with tert-alkyl or cyclic N) is 1. The van der Waals surface area contributed by atoms with E-state index in [9.17, 15) is 18.7 Å². The van der Waals surface area contributed by atoms with Crippen LogP contribution in [-0.2, 0) is 12.3 Å². The van der Waals surface area contributed by atoms with Gasteiger partial charge < -0.3 is 20.5 Å². The highest BCUT2D eigenvalue weighted by Gasteiger charge is 2.45. The second kappa shape index (κ2) is 6.91. The maximum Gasteiger partial charge on any atom is 0.290 e. The zero-order valence-electron chi connectivity index (χ0n) is 16.2. The average Bonchev–Trinajstić information content (AvgIpc) is 3.00. The second-order valence-electron chi connectivity index (χ2n) is 7.37. The number of carbonyl (C=O) groups is 1. The predicted octanol–water partition coefficient (Wildman–Crippen LogP) is 2.25.